The Balaban J connectivity index is 1.69. The molecule has 4 rings (SSSR count). The lowest BCUT2D eigenvalue weighted by atomic mass is 9.94. The molecular weight excluding hydrogens is 418 g/mol. The normalized spacial score (nSPS) is 16.8. The third-order valence-electron chi connectivity index (χ3n) is 5.19. The van der Waals surface area contributed by atoms with E-state index in [1.807, 2.05) is 0 Å². The van der Waals surface area contributed by atoms with E-state index in [2.05, 4.69) is 19.9 Å². The molecule has 3 aromatic rings. The molecule has 1 atom stereocenters. The van der Waals surface area contributed by atoms with Crippen LogP contribution in [0, 0.1) is 0 Å². The molecule has 0 radical (unpaired) electrons. The van der Waals surface area contributed by atoms with Gasteiger partial charge in [-0.1, -0.05) is 0 Å². The van der Waals surface area contributed by atoms with Crippen LogP contribution in [0.1, 0.15) is 34.8 Å². The van der Waals surface area contributed by atoms with E-state index in [9.17, 15) is 18.3 Å². The second kappa shape index (κ2) is 8.38. The minimum Gasteiger partial charge on any atom is -0.506 e. The van der Waals surface area contributed by atoms with Gasteiger partial charge in [-0.05, 0) is 31.0 Å². The highest BCUT2D eigenvalue weighted by atomic mass is 32.2. The summed E-state index contributed by atoms with van der Waals surface area (Å²) in [6.45, 7) is 0.839. The number of rotatable bonds is 4. The molecule has 1 aliphatic heterocycles. The predicted molar refractivity (Wildman–Crippen MR) is 112 cm³/mol. The van der Waals surface area contributed by atoms with Gasteiger partial charge in [0.05, 0.1) is 17.5 Å². The summed E-state index contributed by atoms with van der Waals surface area (Å²) < 4.78 is 24.8. The van der Waals surface area contributed by atoms with Crippen molar-refractivity contribution in [1.82, 2.24) is 24.8 Å². The number of amides is 1. The number of hydrogen-bond acceptors (Lipinski definition) is 8. The molecule has 160 valence electrons. The van der Waals surface area contributed by atoms with Crippen molar-refractivity contribution in [1.29, 1.82) is 0 Å². The fourth-order valence-corrected chi connectivity index (χ4v) is 4.55. The molecule has 0 saturated carbocycles. The first-order chi connectivity index (χ1) is 14.8. The average molecular weight is 439 g/mol. The van der Waals surface area contributed by atoms with E-state index < -0.39 is 9.84 Å². The van der Waals surface area contributed by atoms with Crippen molar-refractivity contribution in [3.8, 4) is 17.1 Å². The van der Waals surface area contributed by atoms with E-state index in [0.29, 0.717) is 37.4 Å². The van der Waals surface area contributed by atoms with E-state index in [0.717, 1.165) is 11.8 Å². The van der Waals surface area contributed by atoms with Crippen molar-refractivity contribution in [2.45, 2.75) is 23.7 Å². The van der Waals surface area contributed by atoms with Gasteiger partial charge in [-0.15, -0.1) is 0 Å². The van der Waals surface area contributed by atoms with Crippen LogP contribution in [0.3, 0.4) is 0 Å². The van der Waals surface area contributed by atoms with Crippen LogP contribution in [0.25, 0.3) is 11.4 Å². The largest absolute Gasteiger partial charge is 0.506 e. The van der Waals surface area contributed by atoms with Crippen LogP contribution >= 0.6 is 0 Å². The Morgan fingerprint density at radius 2 is 1.94 bits per heavy atom. The maximum atomic E-state index is 12.9. The molecule has 1 aliphatic rings. The maximum Gasteiger partial charge on any atom is 0.255 e. The average Bonchev–Trinajstić information content (AvgIpc) is 2.78. The number of aromatic nitrogens is 4. The van der Waals surface area contributed by atoms with Crippen molar-refractivity contribution < 1.29 is 18.3 Å². The molecule has 1 fully saturated rings. The van der Waals surface area contributed by atoms with Gasteiger partial charge < -0.3 is 10.0 Å². The topological polar surface area (TPSA) is 126 Å². The lowest BCUT2D eigenvalue weighted by Crippen LogP contribution is -2.39. The lowest BCUT2D eigenvalue weighted by Gasteiger charge is -2.33. The first kappa shape index (κ1) is 20.9. The number of aromatic hydroxyl groups is 1. The summed E-state index contributed by atoms with van der Waals surface area (Å²) in [6, 6.07) is 4.88. The minimum absolute atomic E-state index is 0.0728. The Labute approximate surface area is 179 Å². The van der Waals surface area contributed by atoms with Crippen LogP contribution in [0.5, 0.6) is 5.75 Å². The van der Waals surface area contributed by atoms with Crippen molar-refractivity contribution in [3.05, 3.63) is 60.4 Å². The molecular formula is C21H21N5O4S. The number of likely N-dealkylation sites (tertiary alicyclic amines) is 1. The van der Waals surface area contributed by atoms with Crippen molar-refractivity contribution in [2.75, 3.05) is 19.3 Å². The zero-order valence-electron chi connectivity index (χ0n) is 16.8. The van der Waals surface area contributed by atoms with E-state index in [1.165, 1.54) is 24.7 Å². The highest BCUT2D eigenvalue weighted by Gasteiger charge is 2.31. The molecule has 0 aromatic carbocycles. The van der Waals surface area contributed by atoms with Crippen molar-refractivity contribution in [2.24, 2.45) is 0 Å². The summed E-state index contributed by atoms with van der Waals surface area (Å²) in [5.74, 6) is -0.212. The van der Waals surface area contributed by atoms with Crippen LogP contribution in [0.15, 0.2) is 54.1 Å². The van der Waals surface area contributed by atoms with Crippen LogP contribution in [0.4, 0.5) is 0 Å². The summed E-state index contributed by atoms with van der Waals surface area (Å²) >= 11 is 0. The Kier molecular flexibility index (Phi) is 5.64. The van der Waals surface area contributed by atoms with E-state index in [-0.39, 0.29) is 28.0 Å². The number of piperidine rings is 1. The van der Waals surface area contributed by atoms with Crippen LogP contribution in [-0.2, 0) is 9.84 Å². The highest BCUT2D eigenvalue weighted by Crippen LogP contribution is 2.32. The summed E-state index contributed by atoms with van der Waals surface area (Å²) in [4.78, 5) is 31.3. The molecule has 31 heavy (non-hydrogen) atoms. The van der Waals surface area contributed by atoms with E-state index in [1.54, 1.807) is 29.4 Å². The summed E-state index contributed by atoms with van der Waals surface area (Å²) in [7, 11) is -3.56. The standard InChI is InChI=1S/C21H21N5O4S/c1-31(29,30)18-12-24-20(14-4-6-22-7-5-14)25-19(18)15-3-2-8-26(13-15)21(28)16-9-17(27)11-23-10-16/h4-7,9-12,15,27H,2-3,8,13H2,1H3/t15-/m0/s1. The van der Waals surface area contributed by atoms with Gasteiger partial charge in [0.1, 0.15) is 10.6 Å². The molecule has 1 amide bonds. The molecule has 4 heterocycles. The predicted octanol–water partition coefficient (Wildman–Crippen LogP) is 2.06. The van der Waals surface area contributed by atoms with Crippen molar-refractivity contribution >= 4 is 15.7 Å². The van der Waals surface area contributed by atoms with Gasteiger partial charge in [0.2, 0.25) is 0 Å². The monoisotopic (exact) mass is 439 g/mol. The fourth-order valence-electron chi connectivity index (χ4n) is 3.71. The Bertz CT molecular complexity index is 1220. The second-order valence-corrected chi connectivity index (χ2v) is 9.46. The van der Waals surface area contributed by atoms with Gasteiger partial charge in [-0.2, -0.15) is 0 Å². The Hall–Kier alpha value is -3.40. The van der Waals surface area contributed by atoms with Crippen LogP contribution < -0.4 is 0 Å². The number of carbonyl (C=O) groups is 1. The molecule has 1 saturated heterocycles. The number of hydrogen-bond donors (Lipinski definition) is 1. The van der Waals surface area contributed by atoms with Gasteiger partial charge in [0.15, 0.2) is 15.7 Å². The SMILES string of the molecule is CS(=O)(=O)c1cnc(-c2ccncc2)nc1[C@H]1CCCN(C(=O)c2cncc(O)c2)C1. The summed E-state index contributed by atoms with van der Waals surface area (Å²) in [5.41, 5.74) is 1.42. The number of nitrogens with zero attached hydrogens (tertiary/aromatic N) is 5. The number of carbonyl (C=O) groups excluding carboxylic acids is 1. The Morgan fingerprint density at radius 3 is 2.65 bits per heavy atom. The second-order valence-electron chi connectivity index (χ2n) is 7.47. The smallest absolute Gasteiger partial charge is 0.255 e. The zero-order chi connectivity index (χ0) is 22.0. The zero-order valence-corrected chi connectivity index (χ0v) is 17.7. The highest BCUT2D eigenvalue weighted by molar-refractivity contribution is 7.90. The summed E-state index contributed by atoms with van der Waals surface area (Å²) in [5, 5.41) is 9.63. The maximum absolute atomic E-state index is 12.9. The van der Waals surface area contributed by atoms with E-state index >= 15 is 0 Å². The van der Waals surface area contributed by atoms with Crippen molar-refractivity contribution in [3.63, 3.8) is 0 Å². The Morgan fingerprint density at radius 1 is 1.16 bits per heavy atom. The van der Waals surface area contributed by atoms with Gasteiger partial charge in [-0.3, -0.25) is 14.8 Å². The van der Waals surface area contributed by atoms with Gasteiger partial charge in [0.25, 0.3) is 5.91 Å². The lowest BCUT2D eigenvalue weighted by molar-refractivity contribution is 0.0704. The molecule has 0 aliphatic carbocycles. The van der Waals surface area contributed by atoms with Gasteiger partial charge in [-0.25, -0.2) is 18.4 Å². The van der Waals surface area contributed by atoms with E-state index in [4.69, 9.17) is 0 Å². The third-order valence-corrected chi connectivity index (χ3v) is 6.30. The first-order valence-electron chi connectivity index (χ1n) is 9.73. The van der Waals surface area contributed by atoms with Gasteiger partial charge >= 0.3 is 0 Å². The van der Waals surface area contributed by atoms with Gasteiger partial charge in [0, 0.05) is 55.6 Å². The fraction of sp³-hybridized carbons (Fsp3) is 0.286. The third kappa shape index (κ3) is 4.53. The minimum atomic E-state index is -3.56. The molecule has 1 N–H and O–H groups in total. The molecule has 9 nitrogen and oxygen atoms in total. The number of sulfone groups is 1. The number of pyridine rings is 2. The molecule has 0 spiro atoms. The molecule has 3 aromatic heterocycles. The molecule has 0 bridgehead atoms. The molecule has 10 heteroatoms. The summed E-state index contributed by atoms with van der Waals surface area (Å²) in [6.07, 6.45) is 9.76. The van der Waals surface area contributed by atoms with Crippen LogP contribution in [0.2, 0.25) is 0 Å². The first-order valence-corrected chi connectivity index (χ1v) is 11.6. The quantitative estimate of drug-likeness (QED) is 0.655. The van der Waals surface area contributed by atoms with Crippen LogP contribution in [-0.4, -0.2) is 63.6 Å². The molecule has 0 unspecified atom stereocenters.